The fourth-order valence-electron chi connectivity index (χ4n) is 23.0. The van der Waals surface area contributed by atoms with Crippen molar-refractivity contribution in [2.45, 2.75) is 38.5 Å². The van der Waals surface area contributed by atoms with Crippen molar-refractivity contribution in [3.8, 4) is 129 Å². The van der Waals surface area contributed by atoms with Gasteiger partial charge in [0.15, 0.2) is 5.82 Å². The molecule has 0 aliphatic heterocycles. The molecule has 678 valence electrons. The average Bonchev–Trinajstić information content (AvgIpc) is 1.57. The average molecular weight is 1900 g/mol. The first-order chi connectivity index (χ1) is 70.9. The van der Waals surface area contributed by atoms with Gasteiger partial charge in [0.05, 0.1) is 80.8 Å². The molecule has 9 nitrogen and oxygen atoms in total. The van der Waals surface area contributed by atoms with E-state index >= 15 is 0 Å². The highest BCUT2D eigenvalue weighted by Gasteiger charge is 2.38. The second-order valence-corrected chi connectivity index (χ2v) is 41.8. The maximum Gasteiger partial charge on any atom is 0.160 e. The lowest BCUT2D eigenvalue weighted by atomic mass is 9.81. The highest BCUT2D eigenvalue weighted by atomic mass is 32.1. The van der Waals surface area contributed by atoms with Crippen LogP contribution in [0.15, 0.2) is 455 Å². The fraction of sp³-hybridized carbons (Fsp3) is 0.0455. The Hall–Kier alpha value is -17.5. The largest absolute Gasteiger partial charge is 0.309 e. The highest BCUT2D eigenvalue weighted by molar-refractivity contribution is 7.27. The van der Waals surface area contributed by atoms with Gasteiger partial charge in [-0.3, -0.25) is 0 Å². The lowest BCUT2D eigenvalue weighted by Gasteiger charge is -2.22. The third kappa shape index (κ3) is 13.7. The van der Waals surface area contributed by atoms with Crippen molar-refractivity contribution in [2.75, 3.05) is 0 Å². The molecule has 0 N–H and O–H groups in total. The first-order valence-corrected chi connectivity index (χ1v) is 51.4. The van der Waals surface area contributed by atoms with Gasteiger partial charge < -0.3 is 13.7 Å². The first kappa shape index (κ1) is 84.5. The van der Waals surface area contributed by atoms with Crippen LogP contribution in [0, 0.1) is 0 Å². The van der Waals surface area contributed by atoms with Crippen molar-refractivity contribution in [2.24, 2.45) is 0 Å². The quantitative estimate of drug-likeness (QED) is 0.128. The zero-order valence-electron chi connectivity index (χ0n) is 79.1. The molecular weight excluding hydrogens is 1810 g/mol. The molecule has 0 amide bonds. The fourth-order valence-corrected chi connectivity index (χ4v) is 26.6. The second-order valence-electron chi connectivity index (χ2n) is 38.7. The van der Waals surface area contributed by atoms with Crippen LogP contribution >= 0.6 is 34.0 Å². The molecule has 0 radical (unpaired) electrons. The molecule has 0 atom stereocenters. The summed E-state index contributed by atoms with van der Waals surface area (Å²) in [4.78, 5) is 29.9. The van der Waals surface area contributed by atoms with E-state index < -0.39 is 0 Å². The van der Waals surface area contributed by atoms with Crippen LogP contribution in [0.25, 0.3) is 255 Å². The maximum absolute atomic E-state index is 5.40. The summed E-state index contributed by atoms with van der Waals surface area (Å²) in [5.74, 6) is 0.757. The predicted octanol–water partition coefficient (Wildman–Crippen LogP) is 35.8. The molecule has 12 heteroatoms. The van der Waals surface area contributed by atoms with E-state index in [1.807, 2.05) is 0 Å². The Kier molecular flexibility index (Phi) is 19.7. The Morgan fingerprint density at radius 2 is 0.535 bits per heavy atom. The molecular formula is C132H87N9S3. The minimum Gasteiger partial charge on any atom is -0.309 e. The molecule has 0 fully saturated rings. The van der Waals surface area contributed by atoms with E-state index in [0.717, 1.165) is 98.3 Å². The summed E-state index contributed by atoms with van der Waals surface area (Å²) in [5, 5.41) is 11.1. The van der Waals surface area contributed by atoms with Gasteiger partial charge in [-0.1, -0.05) is 349 Å². The molecule has 19 aromatic carbocycles. The van der Waals surface area contributed by atoms with Gasteiger partial charge in [0.25, 0.3) is 0 Å². The predicted molar refractivity (Wildman–Crippen MR) is 606 cm³/mol. The topological polar surface area (TPSA) is 92.1 Å². The molecule has 0 spiro atoms. The first-order valence-electron chi connectivity index (χ1n) is 49.0. The van der Waals surface area contributed by atoms with E-state index in [0.29, 0.717) is 0 Å². The lowest BCUT2D eigenvalue weighted by molar-refractivity contribution is 0.660. The summed E-state index contributed by atoms with van der Waals surface area (Å²) >= 11 is 5.34. The van der Waals surface area contributed by atoms with Crippen LogP contribution in [-0.2, 0) is 10.8 Å². The number of hydrogen-bond acceptors (Lipinski definition) is 9. The van der Waals surface area contributed by atoms with Crippen LogP contribution in [0.1, 0.15) is 49.9 Å². The van der Waals surface area contributed by atoms with Gasteiger partial charge in [0, 0.05) is 113 Å². The number of benzene rings is 19. The summed E-state index contributed by atoms with van der Waals surface area (Å²) in [6.07, 6.45) is 3.41. The van der Waals surface area contributed by atoms with E-state index in [4.69, 9.17) is 24.9 Å². The maximum atomic E-state index is 5.40. The number of para-hydroxylation sites is 6. The number of hydrogen-bond donors (Lipinski definition) is 0. The summed E-state index contributed by atoms with van der Waals surface area (Å²) in [7, 11) is 0. The van der Waals surface area contributed by atoms with Gasteiger partial charge in [-0.25, -0.2) is 29.9 Å². The van der Waals surface area contributed by atoms with Gasteiger partial charge in [-0.15, -0.1) is 34.0 Å². The Balaban J connectivity index is 0.000000106. The number of thiophene rings is 3. The van der Waals surface area contributed by atoms with Crippen LogP contribution in [0.4, 0.5) is 0 Å². The standard InChI is InChI=1S/C49H33N3S.C43H29N3S.C40H25N3S/c1-49(2)41-21-6-3-16-36(41)37-25-24-32(28-42(37)49)35-19-11-20-40-46-48(53-47(35)40)45(50-29-51-46)33-14-9-12-30(26-33)31-13-10-15-34(27-31)52-43-22-7-4-17-38(43)39-18-5-8-23-44(39)52;1-43(2)34-18-7-3-14-29(34)30-23-22-27(25-35(30)43)42-44-39(41-40(45-42)33-17-6-10-21-38(33)47-41)26-12-11-13-28(24-26)46-36-19-8-4-15-31(36)32-16-5-9-20-37(32)46;1-2-14-31(15-3-1)43-35-18-6-4-16-32(35)34-24-29(20-21-36(34)43)27-11-8-10-26(22-27)28-12-9-13-30(23-28)38-40-39(42-25-41-38)33-17-5-7-19-37(33)44-40/h3-29H,1-2H3;3-25H,1-2H3;1-25H. The number of aromatic nitrogens is 9. The summed E-state index contributed by atoms with van der Waals surface area (Å²) in [5.41, 5.74) is 41.1. The van der Waals surface area contributed by atoms with Crippen molar-refractivity contribution < 1.29 is 0 Å². The van der Waals surface area contributed by atoms with Crippen molar-refractivity contribution >= 4 is 160 Å². The van der Waals surface area contributed by atoms with Crippen LogP contribution in [0.2, 0.25) is 0 Å². The molecule has 2 aliphatic rings. The van der Waals surface area contributed by atoms with E-state index in [2.05, 4.69) is 489 Å². The second kappa shape index (κ2) is 33.6. The molecule has 0 saturated carbocycles. The lowest BCUT2D eigenvalue weighted by Crippen LogP contribution is -2.15. The van der Waals surface area contributed by atoms with Crippen LogP contribution in [-0.4, -0.2) is 43.6 Å². The molecule has 9 heterocycles. The van der Waals surface area contributed by atoms with E-state index in [9.17, 15) is 0 Å². The molecule has 0 unspecified atom stereocenters. The third-order valence-electron chi connectivity index (χ3n) is 29.9. The van der Waals surface area contributed by atoms with Gasteiger partial charge >= 0.3 is 0 Å². The van der Waals surface area contributed by atoms with Crippen LogP contribution in [0.5, 0.6) is 0 Å². The summed E-state index contributed by atoms with van der Waals surface area (Å²) < 4.78 is 14.2. The minimum absolute atomic E-state index is 0.0529. The van der Waals surface area contributed by atoms with Gasteiger partial charge in [-0.05, 0) is 210 Å². The highest BCUT2D eigenvalue weighted by Crippen LogP contribution is 2.54. The minimum atomic E-state index is -0.0966. The van der Waals surface area contributed by atoms with Crippen LogP contribution in [0.3, 0.4) is 0 Å². The molecule has 28 aromatic rings. The normalized spacial score (nSPS) is 12.8. The summed E-state index contributed by atoms with van der Waals surface area (Å²) in [6.45, 7) is 9.34. The third-order valence-corrected chi connectivity index (χ3v) is 33.4. The van der Waals surface area contributed by atoms with Crippen molar-refractivity contribution in [3.63, 3.8) is 0 Å². The Labute approximate surface area is 842 Å². The number of rotatable bonds is 11. The monoisotopic (exact) mass is 1890 g/mol. The van der Waals surface area contributed by atoms with Gasteiger partial charge in [-0.2, -0.15) is 0 Å². The summed E-state index contributed by atoms with van der Waals surface area (Å²) in [6, 6.07) is 160. The molecule has 0 saturated heterocycles. The Morgan fingerprint density at radius 1 is 0.194 bits per heavy atom. The van der Waals surface area contributed by atoms with Crippen molar-refractivity contribution in [1.82, 2.24) is 43.6 Å². The Bertz CT molecular complexity index is 10100. The van der Waals surface area contributed by atoms with Crippen molar-refractivity contribution in [1.29, 1.82) is 0 Å². The smallest absolute Gasteiger partial charge is 0.160 e. The Morgan fingerprint density at radius 3 is 1.07 bits per heavy atom. The van der Waals surface area contributed by atoms with Crippen LogP contribution < -0.4 is 0 Å². The van der Waals surface area contributed by atoms with Crippen molar-refractivity contribution in [3.05, 3.63) is 478 Å². The SMILES string of the molecule is CC1(C)c2ccccc2-c2ccc(-c3cccc4c3sc3c(-c5cccc(-c6cccc(-n7c8ccccc8c8ccccc87)c6)c5)ncnc34)cc21.CC1(C)c2ccccc2-c2ccc(-c3nc(-c4cccc(-n5c6ccccc6c6ccccc65)c4)c4sc5ccccc5c4n3)cc21.c1ccc(-n2c3ccccc3c3cc(-c4cccc(-c5cccc(-c6ncnc7c6sc6ccccc67)c5)c4)ccc32)cc1. The zero-order valence-corrected chi connectivity index (χ0v) is 81.5. The number of fused-ring (bicyclic) bond motifs is 24. The van der Waals surface area contributed by atoms with E-state index in [1.54, 1.807) is 46.7 Å². The number of nitrogens with zero attached hydrogens (tertiary/aromatic N) is 9. The zero-order chi connectivity index (χ0) is 95.6. The van der Waals surface area contributed by atoms with Gasteiger partial charge in [0.2, 0.25) is 0 Å². The van der Waals surface area contributed by atoms with E-state index in [1.165, 1.54) is 179 Å². The van der Waals surface area contributed by atoms with E-state index in [-0.39, 0.29) is 10.8 Å². The molecule has 30 rings (SSSR count). The van der Waals surface area contributed by atoms with Gasteiger partial charge in [0.1, 0.15) is 12.7 Å². The molecule has 144 heavy (non-hydrogen) atoms. The molecule has 2 aliphatic carbocycles. The molecule has 9 aromatic heterocycles. The molecule has 0 bridgehead atoms.